The van der Waals surface area contributed by atoms with Crippen molar-refractivity contribution in [3.8, 4) is 0 Å². The fourth-order valence-electron chi connectivity index (χ4n) is 1.74. The molecule has 0 radical (unpaired) electrons. The van der Waals surface area contributed by atoms with E-state index in [2.05, 4.69) is 26.4 Å². The monoisotopic (exact) mass is 351 g/mol. The minimum absolute atomic E-state index is 0.0773. The highest BCUT2D eigenvalue weighted by atomic mass is 79.9. The minimum Gasteiger partial charge on any atom is -0.360 e. The Bertz CT molecular complexity index is 669. The van der Waals surface area contributed by atoms with Gasteiger partial charge in [0.05, 0.1) is 12.1 Å². The normalized spacial score (nSPS) is 10.2. The molecule has 0 spiro atoms. The van der Waals surface area contributed by atoms with Crippen molar-refractivity contribution in [1.82, 2.24) is 10.1 Å². The highest BCUT2D eigenvalue weighted by Gasteiger charge is 2.17. The molecule has 0 saturated heterocycles. The summed E-state index contributed by atoms with van der Waals surface area (Å²) in [6.45, 7) is 1.65. The summed E-state index contributed by atoms with van der Waals surface area (Å²) in [5, 5.41) is 6.23. The van der Waals surface area contributed by atoms with E-state index < -0.39 is 0 Å². The van der Waals surface area contributed by atoms with E-state index in [0.717, 1.165) is 0 Å². The zero-order valence-corrected chi connectivity index (χ0v) is 13.2. The quantitative estimate of drug-likeness (QED) is 0.917. The molecular formula is C14H14BrN3O3. The lowest BCUT2D eigenvalue weighted by atomic mass is 10.2. The summed E-state index contributed by atoms with van der Waals surface area (Å²) in [7, 11) is 1.56. The summed E-state index contributed by atoms with van der Waals surface area (Å²) in [5.41, 5.74) is 0.505. The van der Waals surface area contributed by atoms with Crippen LogP contribution in [0.25, 0.3) is 0 Å². The van der Waals surface area contributed by atoms with Gasteiger partial charge in [-0.15, -0.1) is 0 Å². The van der Waals surface area contributed by atoms with Crippen molar-refractivity contribution in [3.05, 3.63) is 46.1 Å². The molecule has 110 valence electrons. The van der Waals surface area contributed by atoms with Crippen LogP contribution in [-0.2, 0) is 4.79 Å². The number of hydrogen-bond donors (Lipinski definition) is 1. The molecule has 7 heteroatoms. The van der Waals surface area contributed by atoms with Gasteiger partial charge in [-0.1, -0.05) is 17.3 Å². The molecule has 2 amide bonds. The second kappa shape index (κ2) is 6.53. The fraction of sp³-hybridized carbons (Fsp3) is 0.214. The Morgan fingerprint density at radius 3 is 2.71 bits per heavy atom. The molecule has 0 aliphatic carbocycles. The number of aromatic nitrogens is 1. The van der Waals surface area contributed by atoms with Crippen LogP contribution in [0.15, 0.2) is 39.3 Å². The average molecular weight is 352 g/mol. The third-order valence-electron chi connectivity index (χ3n) is 2.73. The lowest BCUT2D eigenvalue weighted by Gasteiger charge is -2.17. The van der Waals surface area contributed by atoms with Crippen molar-refractivity contribution in [3.63, 3.8) is 0 Å². The molecule has 0 bridgehead atoms. The molecule has 1 heterocycles. The second-order valence-corrected chi connectivity index (χ2v) is 5.37. The van der Waals surface area contributed by atoms with Crippen LogP contribution in [0, 0.1) is 6.92 Å². The number of nitrogens with zero attached hydrogens (tertiary/aromatic N) is 2. The fourth-order valence-corrected chi connectivity index (χ4v) is 2.19. The number of amides is 2. The first kappa shape index (κ1) is 15.2. The van der Waals surface area contributed by atoms with Gasteiger partial charge in [-0.2, -0.15) is 0 Å². The van der Waals surface area contributed by atoms with E-state index >= 15 is 0 Å². The molecule has 2 rings (SSSR count). The van der Waals surface area contributed by atoms with Gasteiger partial charge < -0.3 is 14.7 Å². The third kappa shape index (κ3) is 3.91. The van der Waals surface area contributed by atoms with Gasteiger partial charge in [0.1, 0.15) is 5.76 Å². The summed E-state index contributed by atoms with van der Waals surface area (Å²) in [6, 6.07) is 8.67. The van der Waals surface area contributed by atoms with Crippen molar-refractivity contribution < 1.29 is 14.1 Å². The molecule has 0 saturated carbocycles. The van der Waals surface area contributed by atoms with Crippen molar-refractivity contribution in [2.24, 2.45) is 0 Å². The smallest absolute Gasteiger partial charge is 0.255 e. The van der Waals surface area contributed by atoms with Crippen LogP contribution >= 0.6 is 15.9 Å². The van der Waals surface area contributed by atoms with Crippen LogP contribution in [-0.4, -0.2) is 35.5 Å². The van der Waals surface area contributed by atoms with Crippen molar-refractivity contribution in [2.45, 2.75) is 6.92 Å². The van der Waals surface area contributed by atoms with E-state index in [4.69, 9.17) is 4.52 Å². The summed E-state index contributed by atoms with van der Waals surface area (Å²) < 4.78 is 5.54. The zero-order chi connectivity index (χ0) is 15.4. The molecule has 0 unspecified atom stereocenters. The maximum Gasteiger partial charge on any atom is 0.255 e. The molecule has 0 atom stereocenters. The van der Waals surface area contributed by atoms with Gasteiger partial charge in [-0.3, -0.25) is 9.59 Å². The Balaban J connectivity index is 1.97. The molecule has 6 nitrogen and oxygen atoms in total. The van der Waals surface area contributed by atoms with E-state index in [-0.39, 0.29) is 18.4 Å². The Morgan fingerprint density at radius 2 is 2.10 bits per heavy atom. The van der Waals surface area contributed by atoms with Crippen LogP contribution in [0.5, 0.6) is 0 Å². The number of carbonyl (C=O) groups excluding carboxylic acids is 2. The van der Waals surface area contributed by atoms with Crippen LogP contribution < -0.4 is 5.32 Å². The topological polar surface area (TPSA) is 75.4 Å². The first-order chi connectivity index (χ1) is 9.97. The predicted molar refractivity (Wildman–Crippen MR) is 81.0 cm³/mol. The summed E-state index contributed by atoms with van der Waals surface area (Å²) in [5.74, 6) is 0.349. The van der Waals surface area contributed by atoms with Gasteiger partial charge in [0.15, 0.2) is 5.82 Å². The number of likely N-dealkylation sites (N-methyl/N-ethyl adjacent to an activating group) is 1. The summed E-state index contributed by atoms with van der Waals surface area (Å²) >= 11 is 3.32. The first-order valence-electron chi connectivity index (χ1n) is 6.20. The lowest BCUT2D eigenvalue weighted by Crippen LogP contribution is -2.35. The molecule has 2 aromatic rings. The Morgan fingerprint density at radius 1 is 1.38 bits per heavy atom. The van der Waals surface area contributed by atoms with E-state index in [1.54, 1.807) is 38.2 Å². The molecule has 1 N–H and O–H groups in total. The third-order valence-corrected chi connectivity index (χ3v) is 3.42. The molecule has 21 heavy (non-hydrogen) atoms. The average Bonchev–Trinajstić information content (AvgIpc) is 2.83. The Labute approximate surface area is 130 Å². The predicted octanol–water partition coefficient (Wildman–Crippen LogP) is 2.46. The van der Waals surface area contributed by atoms with E-state index in [0.29, 0.717) is 21.6 Å². The number of halogens is 1. The number of anilines is 1. The largest absolute Gasteiger partial charge is 0.360 e. The molecule has 0 aliphatic rings. The number of hydrogen-bond acceptors (Lipinski definition) is 4. The molecule has 1 aromatic heterocycles. The standard InChI is InChI=1S/C14H14BrN3O3/c1-9-7-12(17-21-9)16-13(19)8-18(2)14(20)10-5-3-4-6-11(10)15/h3-7H,8H2,1-2H3,(H,16,17,19). The van der Waals surface area contributed by atoms with Crippen molar-refractivity contribution in [2.75, 3.05) is 18.9 Å². The highest BCUT2D eigenvalue weighted by Crippen LogP contribution is 2.17. The Hall–Kier alpha value is -2.15. The molecule has 1 aromatic carbocycles. The molecular weight excluding hydrogens is 338 g/mol. The van der Waals surface area contributed by atoms with E-state index in [9.17, 15) is 9.59 Å². The van der Waals surface area contributed by atoms with Crippen LogP contribution in [0.3, 0.4) is 0 Å². The van der Waals surface area contributed by atoms with Gasteiger partial charge in [0, 0.05) is 17.6 Å². The molecule has 0 fully saturated rings. The van der Waals surface area contributed by atoms with Gasteiger partial charge in [-0.05, 0) is 35.0 Å². The van der Waals surface area contributed by atoms with E-state index in [1.807, 2.05) is 6.07 Å². The molecule has 0 aliphatic heterocycles. The van der Waals surface area contributed by atoms with Gasteiger partial charge in [-0.25, -0.2) is 0 Å². The van der Waals surface area contributed by atoms with Crippen LogP contribution in [0.2, 0.25) is 0 Å². The van der Waals surface area contributed by atoms with Gasteiger partial charge in [0.2, 0.25) is 5.91 Å². The SMILES string of the molecule is Cc1cc(NC(=O)CN(C)C(=O)c2ccccc2Br)no1. The van der Waals surface area contributed by atoms with Crippen LogP contribution in [0.1, 0.15) is 16.1 Å². The van der Waals surface area contributed by atoms with Gasteiger partial charge >= 0.3 is 0 Å². The first-order valence-corrected chi connectivity index (χ1v) is 7.00. The number of nitrogens with one attached hydrogen (secondary N) is 1. The number of benzene rings is 1. The maximum absolute atomic E-state index is 12.2. The lowest BCUT2D eigenvalue weighted by molar-refractivity contribution is -0.116. The van der Waals surface area contributed by atoms with Crippen molar-refractivity contribution >= 4 is 33.6 Å². The van der Waals surface area contributed by atoms with Crippen LogP contribution in [0.4, 0.5) is 5.82 Å². The van der Waals surface area contributed by atoms with Crippen molar-refractivity contribution in [1.29, 1.82) is 0 Å². The Kier molecular flexibility index (Phi) is 4.74. The highest BCUT2D eigenvalue weighted by molar-refractivity contribution is 9.10. The summed E-state index contributed by atoms with van der Waals surface area (Å²) in [6.07, 6.45) is 0. The summed E-state index contributed by atoms with van der Waals surface area (Å²) in [4.78, 5) is 25.4. The minimum atomic E-state index is -0.341. The second-order valence-electron chi connectivity index (χ2n) is 4.51. The number of carbonyl (C=O) groups is 2. The number of rotatable bonds is 4. The zero-order valence-electron chi connectivity index (χ0n) is 11.6. The maximum atomic E-state index is 12.2. The van der Waals surface area contributed by atoms with Gasteiger partial charge in [0.25, 0.3) is 5.91 Å². The number of aryl methyl sites for hydroxylation is 1. The van der Waals surface area contributed by atoms with E-state index in [1.165, 1.54) is 4.90 Å².